The molecule has 114 valence electrons. The number of rotatable bonds is 4. The molecule has 0 bridgehead atoms. The molecule has 0 saturated heterocycles. The summed E-state index contributed by atoms with van der Waals surface area (Å²) in [5.41, 5.74) is 8.58. The van der Waals surface area contributed by atoms with E-state index in [9.17, 15) is 0 Å². The van der Waals surface area contributed by atoms with E-state index in [0.29, 0.717) is 6.54 Å². The van der Waals surface area contributed by atoms with Crippen molar-refractivity contribution in [3.05, 3.63) is 29.3 Å². The fourth-order valence-electron chi connectivity index (χ4n) is 2.16. The van der Waals surface area contributed by atoms with Crippen molar-refractivity contribution in [2.24, 2.45) is 5.73 Å². The lowest BCUT2D eigenvalue weighted by Gasteiger charge is -2.28. The molecule has 1 aromatic rings. The molecule has 2 nitrogen and oxygen atoms in total. The van der Waals surface area contributed by atoms with Crippen molar-refractivity contribution in [3.8, 4) is 5.75 Å². The summed E-state index contributed by atoms with van der Waals surface area (Å²) in [6.45, 7) is 16.1. The zero-order chi connectivity index (χ0) is 15.6. The van der Waals surface area contributed by atoms with E-state index in [0.717, 1.165) is 12.2 Å². The first-order valence-corrected chi connectivity index (χ1v) is 7.61. The second-order valence-electron chi connectivity index (χ2n) is 7.59. The molecule has 0 fully saturated rings. The van der Waals surface area contributed by atoms with Crippen LogP contribution < -0.4 is 10.5 Å². The second kappa shape index (κ2) is 6.17. The van der Waals surface area contributed by atoms with Gasteiger partial charge in [0.2, 0.25) is 0 Å². The minimum atomic E-state index is 0.0590. The Morgan fingerprint density at radius 2 is 1.65 bits per heavy atom. The Kier molecular flexibility index (Phi) is 5.26. The largest absolute Gasteiger partial charge is 0.489 e. The Morgan fingerprint density at radius 1 is 1.05 bits per heavy atom. The molecule has 0 saturated carbocycles. The Morgan fingerprint density at radius 3 is 2.05 bits per heavy atom. The van der Waals surface area contributed by atoms with Crippen LogP contribution in [0.1, 0.15) is 66.0 Å². The summed E-state index contributed by atoms with van der Waals surface area (Å²) in [4.78, 5) is 0. The molecule has 2 N–H and O–H groups in total. The number of nitrogens with two attached hydrogens (primary N) is 1. The minimum Gasteiger partial charge on any atom is -0.489 e. The highest BCUT2D eigenvalue weighted by Gasteiger charge is 2.23. The van der Waals surface area contributed by atoms with Gasteiger partial charge in [0.1, 0.15) is 11.9 Å². The molecule has 0 heterocycles. The Balaban J connectivity index is 3.24. The Bertz CT molecular complexity index is 434. The summed E-state index contributed by atoms with van der Waals surface area (Å²) in [7, 11) is 0. The van der Waals surface area contributed by atoms with Crippen molar-refractivity contribution in [2.45, 2.75) is 71.8 Å². The topological polar surface area (TPSA) is 35.2 Å². The highest BCUT2D eigenvalue weighted by Crippen LogP contribution is 2.36. The third kappa shape index (κ3) is 4.24. The molecule has 1 atom stereocenters. The van der Waals surface area contributed by atoms with Gasteiger partial charge in [-0.3, -0.25) is 0 Å². The van der Waals surface area contributed by atoms with E-state index in [1.165, 1.54) is 11.1 Å². The Hall–Kier alpha value is -1.02. The van der Waals surface area contributed by atoms with Crippen LogP contribution >= 0.6 is 0 Å². The van der Waals surface area contributed by atoms with Gasteiger partial charge < -0.3 is 10.5 Å². The molecule has 1 rings (SSSR count). The Labute approximate surface area is 124 Å². The predicted octanol–water partition coefficient (Wildman–Crippen LogP) is 4.40. The molecule has 0 spiro atoms. The van der Waals surface area contributed by atoms with Crippen LogP contribution in [0.15, 0.2) is 18.2 Å². The maximum Gasteiger partial charge on any atom is 0.123 e. The molecule has 0 radical (unpaired) electrons. The van der Waals surface area contributed by atoms with Gasteiger partial charge in [0.15, 0.2) is 0 Å². The first-order chi connectivity index (χ1) is 9.09. The van der Waals surface area contributed by atoms with E-state index < -0.39 is 0 Å². The van der Waals surface area contributed by atoms with Crippen LogP contribution in [0.3, 0.4) is 0 Å². The van der Waals surface area contributed by atoms with Crippen molar-refractivity contribution in [3.63, 3.8) is 0 Å². The molecule has 0 amide bonds. The average molecular weight is 277 g/mol. The lowest BCUT2D eigenvalue weighted by molar-refractivity contribution is 0.200. The van der Waals surface area contributed by atoms with Crippen molar-refractivity contribution in [2.75, 3.05) is 6.54 Å². The van der Waals surface area contributed by atoms with Gasteiger partial charge in [-0.05, 0) is 34.4 Å². The van der Waals surface area contributed by atoms with Crippen molar-refractivity contribution < 1.29 is 4.74 Å². The van der Waals surface area contributed by atoms with Gasteiger partial charge in [-0.25, -0.2) is 0 Å². The van der Waals surface area contributed by atoms with Crippen LogP contribution in [0, 0.1) is 0 Å². The van der Waals surface area contributed by atoms with E-state index in [4.69, 9.17) is 10.5 Å². The smallest absolute Gasteiger partial charge is 0.123 e. The molecule has 0 aromatic heterocycles. The van der Waals surface area contributed by atoms with Gasteiger partial charge in [-0.15, -0.1) is 0 Å². The average Bonchev–Trinajstić information content (AvgIpc) is 2.33. The molecule has 0 aliphatic heterocycles. The highest BCUT2D eigenvalue weighted by atomic mass is 16.5. The molecular formula is C18H31NO. The quantitative estimate of drug-likeness (QED) is 0.885. The maximum absolute atomic E-state index is 6.11. The first-order valence-electron chi connectivity index (χ1n) is 7.61. The number of hydrogen-bond acceptors (Lipinski definition) is 2. The van der Waals surface area contributed by atoms with Crippen LogP contribution in [-0.2, 0) is 10.8 Å². The summed E-state index contributed by atoms with van der Waals surface area (Å²) in [5.74, 6) is 0.975. The van der Waals surface area contributed by atoms with Gasteiger partial charge in [0, 0.05) is 6.54 Å². The summed E-state index contributed by atoms with van der Waals surface area (Å²) in [6, 6.07) is 6.58. The van der Waals surface area contributed by atoms with Gasteiger partial charge in [0.25, 0.3) is 0 Å². The molecule has 2 heteroatoms. The van der Waals surface area contributed by atoms with Gasteiger partial charge in [-0.1, -0.05) is 60.6 Å². The van der Waals surface area contributed by atoms with Crippen LogP contribution in [0.5, 0.6) is 5.75 Å². The normalized spacial score (nSPS) is 14.2. The van der Waals surface area contributed by atoms with Gasteiger partial charge in [-0.2, -0.15) is 0 Å². The SMILES string of the molecule is CCC(CN)Oc1ccc(C(C)(C)C)cc1C(C)(C)C. The minimum absolute atomic E-state index is 0.0590. The van der Waals surface area contributed by atoms with Crippen molar-refractivity contribution >= 4 is 0 Å². The lowest BCUT2D eigenvalue weighted by Crippen LogP contribution is -2.27. The highest BCUT2D eigenvalue weighted by molar-refractivity contribution is 5.43. The zero-order valence-electron chi connectivity index (χ0n) is 14.2. The number of ether oxygens (including phenoxy) is 1. The number of benzene rings is 1. The van der Waals surface area contributed by atoms with E-state index >= 15 is 0 Å². The predicted molar refractivity (Wildman–Crippen MR) is 87.6 cm³/mol. The molecule has 0 aliphatic carbocycles. The standard InChI is InChI=1S/C18H31NO/c1-8-14(12-19)20-16-10-9-13(17(2,3)4)11-15(16)18(5,6)7/h9-11,14H,8,12,19H2,1-7H3. The van der Waals surface area contributed by atoms with Crippen molar-refractivity contribution in [1.29, 1.82) is 0 Å². The van der Waals surface area contributed by atoms with E-state index in [1.54, 1.807) is 0 Å². The molecule has 0 aliphatic rings. The van der Waals surface area contributed by atoms with E-state index in [1.807, 2.05) is 0 Å². The van der Waals surface area contributed by atoms with Gasteiger partial charge >= 0.3 is 0 Å². The van der Waals surface area contributed by atoms with Crippen LogP contribution in [0.4, 0.5) is 0 Å². The third-order valence-corrected chi connectivity index (χ3v) is 3.67. The van der Waals surface area contributed by atoms with E-state index in [-0.39, 0.29) is 16.9 Å². The number of hydrogen-bond donors (Lipinski definition) is 1. The van der Waals surface area contributed by atoms with Crippen LogP contribution in [0.2, 0.25) is 0 Å². The van der Waals surface area contributed by atoms with Crippen molar-refractivity contribution in [1.82, 2.24) is 0 Å². The lowest BCUT2D eigenvalue weighted by atomic mass is 9.80. The first kappa shape index (κ1) is 17.0. The van der Waals surface area contributed by atoms with Gasteiger partial charge in [0.05, 0.1) is 0 Å². The fraction of sp³-hybridized carbons (Fsp3) is 0.667. The molecule has 1 unspecified atom stereocenters. The third-order valence-electron chi connectivity index (χ3n) is 3.67. The summed E-state index contributed by atoms with van der Waals surface area (Å²) in [5, 5.41) is 0. The molecule has 1 aromatic carbocycles. The molecule has 20 heavy (non-hydrogen) atoms. The zero-order valence-corrected chi connectivity index (χ0v) is 14.2. The second-order valence-corrected chi connectivity index (χ2v) is 7.59. The van der Waals surface area contributed by atoms with Crippen LogP contribution in [-0.4, -0.2) is 12.6 Å². The fourth-order valence-corrected chi connectivity index (χ4v) is 2.16. The molecular weight excluding hydrogens is 246 g/mol. The summed E-state index contributed by atoms with van der Waals surface area (Å²) in [6.07, 6.45) is 1.03. The van der Waals surface area contributed by atoms with E-state index in [2.05, 4.69) is 66.7 Å². The summed E-state index contributed by atoms with van der Waals surface area (Å²) < 4.78 is 6.11. The van der Waals surface area contributed by atoms with Crippen LogP contribution in [0.25, 0.3) is 0 Å². The monoisotopic (exact) mass is 277 g/mol. The maximum atomic E-state index is 6.11. The summed E-state index contributed by atoms with van der Waals surface area (Å²) >= 11 is 0.